The van der Waals surface area contributed by atoms with Crippen LogP contribution >= 0.6 is 0 Å². The smallest absolute Gasteiger partial charge is 0.480 e. The van der Waals surface area contributed by atoms with E-state index in [1.54, 1.807) is 44.2 Å². The predicted octanol–water partition coefficient (Wildman–Crippen LogP) is 4.53. The van der Waals surface area contributed by atoms with E-state index in [1.807, 2.05) is 6.92 Å². The highest BCUT2D eigenvalue weighted by molar-refractivity contribution is 5.89. The van der Waals surface area contributed by atoms with E-state index in [1.165, 1.54) is 18.2 Å². The standard InChI is InChI=1S/C27H33NO10/c1-4-13-34-26(32)37-20-12-11-19(15-21(20)38-27(33)35-14-5-2)22(23(28)24(29)30)17(3)16-36-25(31)18-9-7-6-8-10-18/h6-12,15,17,22-23H,4-5,13-14,16,28H2,1-3H3,(H,29,30)/t17?,22?,23-/m0/s1. The van der Waals surface area contributed by atoms with E-state index in [9.17, 15) is 24.3 Å². The Morgan fingerprint density at radius 2 is 1.42 bits per heavy atom. The number of esters is 1. The number of rotatable bonds is 13. The van der Waals surface area contributed by atoms with Gasteiger partial charge in [0.2, 0.25) is 0 Å². The minimum Gasteiger partial charge on any atom is -0.480 e. The number of ether oxygens (including phenoxy) is 5. The summed E-state index contributed by atoms with van der Waals surface area (Å²) in [5.74, 6) is -3.66. The van der Waals surface area contributed by atoms with Gasteiger partial charge in [-0.3, -0.25) is 4.79 Å². The Balaban J connectivity index is 2.35. The summed E-state index contributed by atoms with van der Waals surface area (Å²) in [6.07, 6.45) is -0.926. The average Bonchev–Trinajstić information content (AvgIpc) is 2.91. The molecule has 206 valence electrons. The molecule has 0 spiro atoms. The fraction of sp³-hybridized carbons (Fsp3) is 0.407. The highest BCUT2D eigenvalue weighted by Gasteiger charge is 2.33. The van der Waals surface area contributed by atoms with Crippen molar-refractivity contribution in [2.75, 3.05) is 19.8 Å². The van der Waals surface area contributed by atoms with Crippen LogP contribution in [0.15, 0.2) is 48.5 Å². The van der Waals surface area contributed by atoms with E-state index < -0.39 is 42.1 Å². The van der Waals surface area contributed by atoms with Gasteiger partial charge in [0, 0.05) is 5.92 Å². The van der Waals surface area contributed by atoms with E-state index in [0.717, 1.165) is 0 Å². The van der Waals surface area contributed by atoms with Crippen molar-refractivity contribution < 1.29 is 48.0 Å². The summed E-state index contributed by atoms with van der Waals surface area (Å²) in [7, 11) is 0. The summed E-state index contributed by atoms with van der Waals surface area (Å²) >= 11 is 0. The molecular weight excluding hydrogens is 498 g/mol. The Hall–Kier alpha value is -4.12. The lowest BCUT2D eigenvalue weighted by molar-refractivity contribution is -0.139. The van der Waals surface area contributed by atoms with Gasteiger partial charge in [0.05, 0.1) is 25.4 Å². The third-order valence-electron chi connectivity index (χ3n) is 5.36. The lowest BCUT2D eigenvalue weighted by atomic mass is 9.82. The quantitative estimate of drug-likeness (QED) is 0.212. The van der Waals surface area contributed by atoms with Crippen LogP contribution in [0.5, 0.6) is 11.5 Å². The van der Waals surface area contributed by atoms with E-state index in [2.05, 4.69) is 0 Å². The van der Waals surface area contributed by atoms with Crippen LogP contribution < -0.4 is 15.2 Å². The largest absolute Gasteiger partial charge is 0.513 e. The Kier molecular flexibility index (Phi) is 12.0. The van der Waals surface area contributed by atoms with Crippen molar-refractivity contribution in [3.63, 3.8) is 0 Å². The fourth-order valence-corrected chi connectivity index (χ4v) is 3.52. The molecule has 0 radical (unpaired) electrons. The molecule has 0 aliphatic heterocycles. The molecule has 0 fully saturated rings. The topological polar surface area (TPSA) is 161 Å². The van der Waals surface area contributed by atoms with Crippen LogP contribution in [0.2, 0.25) is 0 Å². The molecule has 0 saturated carbocycles. The molecular formula is C27H33NO10. The predicted molar refractivity (Wildman–Crippen MR) is 135 cm³/mol. The highest BCUT2D eigenvalue weighted by Crippen LogP contribution is 2.36. The first-order chi connectivity index (χ1) is 18.2. The second-order valence-corrected chi connectivity index (χ2v) is 8.44. The zero-order valence-corrected chi connectivity index (χ0v) is 21.6. The molecule has 2 aromatic rings. The van der Waals surface area contributed by atoms with Crippen molar-refractivity contribution in [1.29, 1.82) is 0 Å². The number of carboxylic acid groups (broad SMARTS) is 1. The van der Waals surface area contributed by atoms with Crippen LogP contribution in [0, 0.1) is 5.92 Å². The Morgan fingerprint density at radius 3 is 1.97 bits per heavy atom. The molecule has 0 saturated heterocycles. The third-order valence-corrected chi connectivity index (χ3v) is 5.36. The van der Waals surface area contributed by atoms with Gasteiger partial charge in [0.15, 0.2) is 11.5 Å². The first kappa shape index (κ1) is 30.1. The van der Waals surface area contributed by atoms with Crippen LogP contribution in [-0.2, 0) is 19.0 Å². The van der Waals surface area contributed by atoms with Gasteiger partial charge in [-0.1, -0.05) is 45.0 Å². The molecule has 0 aromatic heterocycles. The number of carbonyl (C=O) groups excluding carboxylic acids is 3. The molecule has 0 aliphatic carbocycles. The molecule has 0 heterocycles. The number of aliphatic carboxylic acids is 1. The van der Waals surface area contributed by atoms with Crippen LogP contribution in [0.4, 0.5) is 9.59 Å². The maximum atomic E-state index is 12.4. The molecule has 2 unspecified atom stereocenters. The number of hydrogen-bond donors (Lipinski definition) is 2. The zero-order valence-electron chi connectivity index (χ0n) is 21.6. The molecule has 11 heteroatoms. The SMILES string of the molecule is CCCOC(=O)Oc1ccc(C(C(C)COC(=O)c2ccccc2)[C@H](N)C(=O)O)cc1OC(=O)OCCC. The number of benzene rings is 2. The van der Waals surface area contributed by atoms with Crippen LogP contribution in [-0.4, -0.2) is 55.2 Å². The molecule has 3 N–H and O–H groups in total. The Morgan fingerprint density at radius 1 is 0.842 bits per heavy atom. The summed E-state index contributed by atoms with van der Waals surface area (Å²) in [5, 5.41) is 9.66. The molecule has 2 aromatic carbocycles. The molecule has 3 atom stereocenters. The summed E-state index contributed by atoms with van der Waals surface area (Å²) in [4.78, 5) is 48.4. The second-order valence-electron chi connectivity index (χ2n) is 8.44. The van der Waals surface area contributed by atoms with Gasteiger partial charge in [-0.15, -0.1) is 0 Å². The van der Waals surface area contributed by atoms with Gasteiger partial charge < -0.3 is 34.5 Å². The van der Waals surface area contributed by atoms with E-state index >= 15 is 0 Å². The molecule has 38 heavy (non-hydrogen) atoms. The van der Waals surface area contributed by atoms with Gasteiger partial charge in [-0.05, 0) is 48.6 Å². The third kappa shape index (κ3) is 9.07. The highest BCUT2D eigenvalue weighted by atomic mass is 16.7. The molecule has 2 rings (SSSR count). The molecule has 11 nitrogen and oxygen atoms in total. The van der Waals surface area contributed by atoms with Gasteiger partial charge >= 0.3 is 24.2 Å². The van der Waals surface area contributed by atoms with Gasteiger partial charge in [0.1, 0.15) is 6.04 Å². The summed E-state index contributed by atoms with van der Waals surface area (Å²) in [6, 6.07) is 11.1. The van der Waals surface area contributed by atoms with Crippen molar-refractivity contribution >= 4 is 24.2 Å². The minimum absolute atomic E-state index is 0.101. The van der Waals surface area contributed by atoms with Crippen molar-refractivity contribution in [2.24, 2.45) is 11.7 Å². The first-order valence-electron chi connectivity index (χ1n) is 12.2. The van der Waals surface area contributed by atoms with Crippen LogP contribution in [0.3, 0.4) is 0 Å². The second kappa shape index (κ2) is 15.2. The Labute approximate surface area is 220 Å². The normalized spacial score (nSPS) is 12.9. The van der Waals surface area contributed by atoms with Crippen molar-refractivity contribution in [1.82, 2.24) is 0 Å². The van der Waals surface area contributed by atoms with Gasteiger partial charge in [-0.25, -0.2) is 14.4 Å². The van der Waals surface area contributed by atoms with E-state index in [0.29, 0.717) is 24.0 Å². The number of hydrogen-bond acceptors (Lipinski definition) is 10. The molecule has 0 aliphatic rings. The van der Waals surface area contributed by atoms with Crippen molar-refractivity contribution in [3.05, 3.63) is 59.7 Å². The average molecular weight is 532 g/mol. The fourth-order valence-electron chi connectivity index (χ4n) is 3.52. The van der Waals surface area contributed by atoms with Crippen LogP contribution in [0.1, 0.15) is 55.5 Å². The lowest BCUT2D eigenvalue weighted by Gasteiger charge is -2.28. The molecule has 0 bridgehead atoms. The minimum atomic E-state index is -1.40. The number of carbonyl (C=O) groups is 4. The first-order valence-corrected chi connectivity index (χ1v) is 12.2. The van der Waals surface area contributed by atoms with E-state index in [4.69, 9.17) is 29.4 Å². The molecule has 0 amide bonds. The summed E-state index contributed by atoms with van der Waals surface area (Å²) < 4.78 is 25.7. The number of carboxylic acids is 1. The monoisotopic (exact) mass is 531 g/mol. The van der Waals surface area contributed by atoms with Crippen molar-refractivity contribution in [3.8, 4) is 11.5 Å². The maximum absolute atomic E-state index is 12.4. The Bertz CT molecular complexity index is 1090. The summed E-state index contributed by atoms with van der Waals surface area (Å²) in [6.45, 7) is 5.37. The lowest BCUT2D eigenvalue weighted by Crippen LogP contribution is -2.40. The summed E-state index contributed by atoms with van der Waals surface area (Å²) in [5.41, 5.74) is 6.71. The van der Waals surface area contributed by atoms with Gasteiger partial charge in [0.25, 0.3) is 0 Å². The maximum Gasteiger partial charge on any atom is 0.513 e. The number of nitrogens with two attached hydrogens (primary N) is 1. The van der Waals surface area contributed by atoms with Crippen molar-refractivity contribution in [2.45, 2.75) is 45.6 Å². The van der Waals surface area contributed by atoms with Gasteiger partial charge in [-0.2, -0.15) is 0 Å². The van der Waals surface area contributed by atoms with Crippen LogP contribution in [0.25, 0.3) is 0 Å². The van der Waals surface area contributed by atoms with E-state index in [-0.39, 0.29) is 31.3 Å². The zero-order chi connectivity index (χ0) is 28.1.